The molecule has 5 nitrogen and oxygen atoms in total. The van der Waals surface area contributed by atoms with Crippen LogP contribution in [0.4, 0.5) is 4.79 Å². The number of hydrogen-bond donors (Lipinski definition) is 1. The molecule has 3 aliphatic rings. The Balaban J connectivity index is 1.73. The normalized spacial score (nSPS) is 32.0. The Morgan fingerprint density at radius 3 is 2.50 bits per heavy atom. The molecule has 2 saturated heterocycles. The summed E-state index contributed by atoms with van der Waals surface area (Å²) < 4.78 is 5.28. The Morgan fingerprint density at radius 1 is 1.19 bits per heavy atom. The Labute approximate surface area is 94.8 Å². The summed E-state index contributed by atoms with van der Waals surface area (Å²) >= 11 is 0. The van der Waals surface area contributed by atoms with Crippen molar-refractivity contribution in [3.05, 3.63) is 0 Å². The van der Waals surface area contributed by atoms with Crippen LogP contribution in [0, 0.1) is 11.3 Å². The first kappa shape index (κ1) is 10.1. The molecule has 0 bridgehead atoms. The van der Waals surface area contributed by atoms with Crippen molar-refractivity contribution in [2.24, 2.45) is 5.92 Å². The minimum atomic E-state index is -0.344. The number of ether oxygens (including phenoxy) is 1. The molecule has 3 rings (SSSR count). The third-order valence-electron chi connectivity index (χ3n) is 3.56. The van der Waals surface area contributed by atoms with Crippen molar-refractivity contribution in [3.8, 4) is 0 Å². The van der Waals surface area contributed by atoms with Crippen LogP contribution >= 0.6 is 0 Å². The fraction of sp³-hybridized carbons (Fsp3) is 0.818. The van der Waals surface area contributed by atoms with Crippen molar-refractivity contribution in [1.82, 2.24) is 10.0 Å². The van der Waals surface area contributed by atoms with E-state index in [0.717, 1.165) is 38.8 Å². The zero-order chi connectivity index (χ0) is 11.1. The van der Waals surface area contributed by atoms with Gasteiger partial charge in [0.15, 0.2) is 11.9 Å². The standard InChI is InChI=1S/C11H17N3O2/c12-10-9(8-4-5-8)16-11(15)14(10)13-6-2-1-3-7-13/h8-9,12H,1-7H2. The molecule has 0 aromatic heterocycles. The summed E-state index contributed by atoms with van der Waals surface area (Å²) in [6.45, 7) is 1.74. The molecule has 2 aliphatic heterocycles. The van der Waals surface area contributed by atoms with Gasteiger partial charge in [0.2, 0.25) is 0 Å². The smallest absolute Gasteiger partial charge is 0.431 e. The maximum Gasteiger partial charge on any atom is 0.431 e. The molecule has 0 aromatic carbocycles. The number of rotatable bonds is 2. The third kappa shape index (κ3) is 1.59. The summed E-state index contributed by atoms with van der Waals surface area (Å²) in [5.41, 5.74) is 0. The maximum absolute atomic E-state index is 11.7. The zero-order valence-corrected chi connectivity index (χ0v) is 9.32. The number of piperidine rings is 1. The molecular formula is C11H17N3O2. The second-order valence-electron chi connectivity index (χ2n) is 4.85. The zero-order valence-electron chi connectivity index (χ0n) is 9.32. The van der Waals surface area contributed by atoms with Crippen LogP contribution in [0.5, 0.6) is 0 Å². The van der Waals surface area contributed by atoms with E-state index in [1.165, 1.54) is 11.4 Å². The number of nitrogens with one attached hydrogen (secondary N) is 1. The van der Waals surface area contributed by atoms with E-state index in [1.807, 2.05) is 5.01 Å². The lowest BCUT2D eigenvalue weighted by atomic mass is 10.1. The lowest BCUT2D eigenvalue weighted by molar-refractivity contribution is 0.0373. The van der Waals surface area contributed by atoms with Crippen molar-refractivity contribution in [2.45, 2.75) is 38.2 Å². The molecule has 1 atom stereocenters. The lowest BCUT2D eigenvalue weighted by Gasteiger charge is -2.32. The molecular weight excluding hydrogens is 206 g/mol. The van der Waals surface area contributed by atoms with Crippen molar-refractivity contribution in [1.29, 1.82) is 5.41 Å². The second kappa shape index (κ2) is 3.73. The van der Waals surface area contributed by atoms with E-state index < -0.39 is 0 Å². The highest BCUT2D eigenvalue weighted by Crippen LogP contribution is 2.38. The molecule has 88 valence electrons. The number of carbonyl (C=O) groups excluding carboxylic acids is 1. The van der Waals surface area contributed by atoms with E-state index in [4.69, 9.17) is 10.1 Å². The van der Waals surface area contributed by atoms with Crippen LogP contribution in [0.2, 0.25) is 0 Å². The molecule has 1 N–H and O–H groups in total. The summed E-state index contributed by atoms with van der Waals surface area (Å²) in [6, 6.07) is 0. The summed E-state index contributed by atoms with van der Waals surface area (Å²) in [5.74, 6) is 0.764. The van der Waals surface area contributed by atoms with Gasteiger partial charge in [-0.2, -0.15) is 5.01 Å². The second-order valence-corrected chi connectivity index (χ2v) is 4.85. The molecule has 1 saturated carbocycles. The molecule has 1 unspecified atom stereocenters. The van der Waals surface area contributed by atoms with Crippen molar-refractivity contribution in [3.63, 3.8) is 0 Å². The van der Waals surface area contributed by atoms with Gasteiger partial charge in [-0.25, -0.2) is 9.80 Å². The first-order valence-corrected chi connectivity index (χ1v) is 6.11. The fourth-order valence-corrected chi connectivity index (χ4v) is 2.50. The highest BCUT2D eigenvalue weighted by atomic mass is 16.6. The summed E-state index contributed by atoms with van der Waals surface area (Å²) in [7, 11) is 0. The topological polar surface area (TPSA) is 56.6 Å². The highest BCUT2D eigenvalue weighted by Gasteiger charge is 2.48. The number of nitrogens with zero attached hydrogens (tertiary/aromatic N) is 2. The van der Waals surface area contributed by atoms with E-state index in [0.29, 0.717) is 11.8 Å². The molecule has 16 heavy (non-hydrogen) atoms. The first-order valence-electron chi connectivity index (χ1n) is 6.11. The molecule has 1 aliphatic carbocycles. The lowest BCUT2D eigenvalue weighted by Crippen LogP contribution is -2.48. The van der Waals surface area contributed by atoms with Crippen molar-refractivity contribution >= 4 is 11.9 Å². The molecule has 0 aromatic rings. The fourth-order valence-electron chi connectivity index (χ4n) is 2.50. The molecule has 1 amide bonds. The number of amides is 1. The monoisotopic (exact) mass is 223 g/mol. The van der Waals surface area contributed by atoms with Gasteiger partial charge in [-0.3, -0.25) is 5.41 Å². The maximum atomic E-state index is 11.7. The minimum Gasteiger partial charge on any atom is -0.436 e. The molecule has 5 heteroatoms. The van der Waals surface area contributed by atoms with Gasteiger partial charge in [-0.1, -0.05) is 6.42 Å². The quantitative estimate of drug-likeness (QED) is 0.773. The number of hydrogen-bond acceptors (Lipinski definition) is 4. The molecule has 2 heterocycles. The Bertz CT molecular complexity index is 321. The van der Waals surface area contributed by atoms with Crippen LogP contribution < -0.4 is 0 Å². The number of carbonyl (C=O) groups is 1. The minimum absolute atomic E-state index is 0.269. The number of amidine groups is 1. The van der Waals surface area contributed by atoms with Gasteiger partial charge < -0.3 is 4.74 Å². The van der Waals surface area contributed by atoms with Crippen molar-refractivity contribution in [2.75, 3.05) is 13.1 Å². The summed E-state index contributed by atoms with van der Waals surface area (Å²) in [5, 5.41) is 11.5. The van der Waals surface area contributed by atoms with Gasteiger partial charge in [-0.15, -0.1) is 0 Å². The SMILES string of the molecule is N=C1C(C2CC2)OC(=O)N1N1CCCCC1. The van der Waals surface area contributed by atoms with E-state index in [-0.39, 0.29) is 12.2 Å². The van der Waals surface area contributed by atoms with E-state index >= 15 is 0 Å². The Morgan fingerprint density at radius 2 is 1.88 bits per heavy atom. The van der Waals surface area contributed by atoms with Crippen LogP contribution in [0.15, 0.2) is 0 Å². The average molecular weight is 223 g/mol. The van der Waals surface area contributed by atoms with E-state index in [9.17, 15) is 4.79 Å². The Hall–Kier alpha value is -1.10. The molecule has 3 fully saturated rings. The van der Waals surface area contributed by atoms with Gasteiger partial charge in [0.25, 0.3) is 0 Å². The van der Waals surface area contributed by atoms with Crippen LogP contribution in [-0.2, 0) is 4.74 Å². The predicted octanol–water partition coefficient (Wildman–Crippen LogP) is 1.60. The largest absolute Gasteiger partial charge is 0.436 e. The summed E-state index contributed by atoms with van der Waals surface area (Å²) in [6.07, 6.45) is 5.00. The van der Waals surface area contributed by atoms with Gasteiger partial charge >= 0.3 is 6.09 Å². The first-order chi connectivity index (χ1) is 7.77. The van der Waals surface area contributed by atoms with Crippen LogP contribution in [0.1, 0.15) is 32.1 Å². The van der Waals surface area contributed by atoms with Crippen LogP contribution in [-0.4, -0.2) is 41.1 Å². The summed E-state index contributed by atoms with van der Waals surface area (Å²) in [4.78, 5) is 11.7. The van der Waals surface area contributed by atoms with E-state index in [1.54, 1.807) is 0 Å². The third-order valence-corrected chi connectivity index (χ3v) is 3.56. The molecule has 0 radical (unpaired) electrons. The van der Waals surface area contributed by atoms with Gasteiger partial charge in [0.1, 0.15) is 0 Å². The van der Waals surface area contributed by atoms with Crippen LogP contribution in [0.25, 0.3) is 0 Å². The van der Waals surface area contributed by atoms with Gasteiger partial charge in [0.05, 0.1) is 0 Å². The Kier molecular flexibility index (Phi) is 2.35. The van der Waals surface area contributed by atoms with Gasteiger partial charge in [-0.05, 0) is 25.7 Å². The van der Waals surface area contributed by atoms with Gasteiger partial charge in [0, 0.05) is 19.0 Å². The van der Waals surface area contributed by atoms with Crippen molar-refractivity contribution < 1.29 is 9.53 Å². The average Bonchev–Trinajstić information content (AvgIpc) is 3.07. The highest BCUT2D eigenvalue weighted by molar-refractivity contribution is 6.01. The predicted molar refractivity (Wildman–Crippen MR) is 58.0 cm³/mol. The number of hydrazine groups is 1. The van der Waals surface area contributed by atoms with E-state index in [2.05, 4.69) is 0 Å². The molecule has 0 spiro atoms. The number of cyclic esters (lactones) is 1. The van der Waals surface area contributed by atoms with Crippen LogP contribution in [0.3, 0.4) is 0 Å².